The van der Waals surface area contributed by atoms with E-state index in [4.69, 9.17) is 11.6 Å². The number of fused-ring (bicyclic) bond motifs is 1. The summed E-state index contributed by atoms with van der Waals surface area (Å²) in [4.78, 5) is 3.47. The molecule has 1 aromatic heterocycles. The first-order valence-electron chi connectivity index (χ1n) is 6.71. The van der Waals surface area contributed by atoms with Crippen molar-refractivity contribution in [2.45, 2.75) is 26.2 Å². The highest BCUT2D eigenvalue weighted by Crippen LogP contribution is 2.29. The molecule has 96 valence electrons. The van der Waals surface area contributed by atoms with E-state index in [2.05, 4.69) is 29.4 Å². The highest BCUT2D eigenvalue weighted by molar-refractivity contribution is 6.31. The maximum atomic E-state index is 6.12. The molecule has 0 spiro atoms. The number of hydrogen-bond donors (Lipinski definition) is 2. The second kappa shape index (κ2) is 4.94. The number of nitrogens with one attached hydrogen (secondary N) is 2. The molecule has 2 nitrogen and oxygen atoms in total. The number of aromatic nitrogens is 1. The third-order valence-electron chi connectivity index (χ3n) is 4.03. The van der Waals surface area contributed by atoms with Gasteiger partial charge in [-0.1, -0.05) is 11.6 Å². The van der Waals surface area contributed by atoms with Crippen LogP contribution < -0.4 is 5.32 Å². The Morgan fingerprint density at radius 3 is 2.83 bits per heavy atom. The normalized spacial score (nSPS) is 17.4. The Balaban J connectivity index is 1.94. The first kappa shape index (κ1) is 12.1. The number of piperidine rings is 1. The van der Waals surface area contributed by atoms with E-state index in [1.54, 1.807) is 0 Å². The van der Waals surface area contributed by atoms with Crippen LogP contribution in [0.4, 0.5) is 0 Å². The molecule has 3 heteroatoms. The smallest absolute Gasteiger partial charge is 0.0459 e. The molecule has 1 saturated heterocycles. The van der Waals surface area contributed by atoms with Crippen molar-refractivity contribution in [3.63, 3.8) is 0 Å². The minimum absolute atomic E-state index is 0.808. The molecule has 0 amide bonds. The molecule has 0 radical (unpaired) electrons. The monoisotopic (exact) mass is 262 g/mol. The Morgan fingerprint density at radius 2 is 2.06 bits per heavy atom. The number of aromatic amines is 1. The summed E-state index contributed by atoms with van der Waals surface area (Å²) in [5, 5.41) is 5.56. The standard InChI is InChI=1S/C15H19ClN2/c1-10-13(8-11-4-6-17-7-5-11)14-9-12(16)2-3-15(14)18-10/h2-3,9,11,17-18H,4-8H2,1H3. The van der Waals surface area contributed by atoms with E-state index in [-0.39, 0.29) is 0 Å². The summed E-state index contributed by atoms with van der Waals surface area (Å²) in [6.07, 6.45) is 3.74. The molecule has 2 aromatic rings. The molecule has 1 aliphatic rings. The average molecular weight is 263 g/mol. The summed E-state index contributed by atoms with van der Waals surface area (Å²) < 4.78 is 0. The number of hydrogen-bond acceptors (Lipinski definition) is 1. The number of benzene rings is 1. The van der Waals surface area contributed by atoms with Crippen molar-refractivity contribution in [3.05, 3.63) is 34.5 Å². The molecular weight excluding hydrogens is 244 g/mol. The molecule has 2 N–H and O–H groups in total. The van der Waals surface area contributed by atoms with Crippen LogP contribution in [-0.2, 0) is 6.42 Å². The highest BCUT2D eigenvalue weighted by atomic mass is 35.5. The van der Waals surface area contributed by atoms with Crippen molar-refractivity contribution in [2.24, 2.45) is 5.92 Å². The average Bonchev–Trinajstić information content (AvgIpc) is 2.67. The van der Waals surface area contributed by atoms with Crippen LogP contribution in [-0.4, -0.2) is 18.1 Å². The molecule has 3 rings (SSSR count). The van der Waals surface area contributed by atoms with Crippen molar-refractivity contribution in [1.29, 1.82) is 0 Å². The molecule has 0 atom stereocenters. The fourth-order valence-corrected chi connectivity index (χ4v) is 3.16. The predicted molar refractivity (Wildman–Crippen MR) is 77.3 cm³/mol. The van der Waals surface area contributed by atoms with Gasteiger partial charge in [-0.2, -0.15) is 0 Å². The van der Waals surface area contributed by atoms with E-state index in [0.29, 0.717) is 0 Å². The molecule has 0 aliphatic carbocycles. The van der Waals surface area contributed by atoms with Crippen LogP contribution in [0.1, 0.15) is 24.1 Å². The van der Waals surface area contributed by atoms with Gasteiger partial charge in [0.2, 0.25) is 0 Å². The maximum absolute atomic E-state index is 6.12. The Bertz CT molecular complexity index is 553. The minimum Gasteiger partial charge on any atom is -0.358 e. The maximum Gasteiger partial charge on any atom is 0.0459 e. The van der Waals surface area contributed by atoms with Gasteiger partial charge in [0.15, 0.2) is 0 Å². The van der Waals surface area contributed by atoms with Gasteiger partial charge in [0.1, 0.15) is 0 Å². The predicted octanol–water partition coefficient (Wildman–Crippen LogP) is 3.67. The van der Waals surface area contributed by atoms with E-state index < -0.39 is 0 Å². The third kappa shape index (κ3) is 2.27. The molecular formula is C15H19ClN2. The summed E-state index contributed by atoms with van der Waals surface area (Å²) in [6.45, 7) is 4.49. The molecule has 0 unspecified atom stereocenters. The van der Waals surface area contributed by atoms with E-state index in [1.165, 1.54) is 41.4 Å². The summed E-state index contributed by atoms with van der Waals surface area (Å²) in [7, 11) is 0. The van der Waals surface area contributed by atoms with Gasteiger partial charge >= 0.3 is 0 Å². The highest BCUT2D eigenvalue weighted by Gasteiger charge is 2.17. The van der Waals surface area contributed by atoms with Crippen LogP contribution in [0.2, 0.25) is 5.02 Å². The number of aryl methyl sites for hydroxylation is 1. The van der Waals surface area contributed by atoms with Gasteiger partial charge < -0.3 is 10.3 Å². The molecule has 1 aromatic carbocycles. The van der Waals surface area contributed by atoms with E-state index in [0.717, 1.165) is 24.0 Å². The lowest BCUT2D eigenvalue weighted by Crippen LogP contribution is -2.28. The van der Waals surface area contributed by atoms with Crippen LogP contribution in [0.3, 0.4) is 0 Å². The van der Waals surface area contributed by atoms with Crippen molar-refractivity contribution in [2.75, 3.05) is 13.1 Å². The van der Waals surface area contributed by atoms with E-state index >= 15 is 0 Å². The second-order valence-corrected chi connectivity index (χ2v) is 5.75. The Hall–Kier alpha value is -0.990. The van der Waals surface area contributed by atoms with Gasteiger partial charge in [-0.25, -0.2) is 0 Å². The quantitative estimate of drug-likeness (QED) is 0.849. The summed E-state index contributed by atoms with van der Waals surface area (Å²) in [5.74, 6) is 0.808. The molecule has 0 saturated carbocycles. The van der Waals surface area contributed by atoms with Crippen LogP contribution in [0.25, 0.3) is 10.9 Å². The number of halogens is 1. The minimum atomic E-state index is 0.808. The van der Waals surface area contributed by atoms with Gasteiger partial charge in [-0.3, -0.25) is 0 Å². The SMILES string of the molecule is Cc1[nH]c2ccc(Cl)cc2c1CC1CCNCC1. The molecule has 1 fully saturated rings. The van der Waals surface area contributed by atoms with E-state index in [1.807, 2.05) is 6.07 Å². The lowest BCUT2D eigenvalue weighted by molar-refractivity contribution is 0.373. The Morgan fingerprint density at radius 1 is 1.28 bits per heavy atom. The zero-order chi connectivity index (χ0) is 12.5. The fourth-order valence-electron chi connectivity index (χ4n) is 2.99. The summed E-state index contributed by atoms with van der Waals surface area (Å²) in [5.41, 5.74) is 3.96. The number of H-pyrrole nitrogens is 1. The van der Waals surface area contributed by atoms with Crippen molar-refractivity contribution in [1.82, 2.24) is 10.3 Å². The van der Waals surface area contributed by atoms with Gasteiger partial charge in [-0.15, -0.1) is 0 Å². The van der Waals surface area contributed by atoms with Crippen molar-refractivity contribution >= 4 is 22.5 Å². The van der Waals surface area contributed by atoms with Crippen LogP contribution in [0.5, 0.6) is 0 Å². The van der Waals surface area contributed by atoms with Gasteiger partial charge in [0.05, 0.1) is 0 Å². The van der Waals surface area contributed by atoms with E-state index in [9.17, 15) is 0 Å². The van der Waals surface area contributed by atoms with Crippen molar-refractivity contribution < 1.29 is 0 Å². The fraction of sp³-hybridized carbons (Fsp3) is 0.467. The molecule has 1 aliphatic heterocycles. The molecule has 0 bridgehead atoms. The van der Waals surface area contributed by atoms with Crippen LogP contribution >= 0.6 is 11.6 Å². The molecule has 2 heterocycles. The van der Waals surface area contributed by atoms with Gasteiger partial charge in [0, 0.05) is 21.6 Å². The Kier molecular flexibility index (Phi) is 3.31. The number of rotatable bonds is 2. The summed E-state index contributed by atoms with van der Waals surface area (Å²) in [6, 6.07) is 6.13. The lowest BCUT2D eigenvalue weighted by Gasteiger charge is -2.22. The summed E-state index contributed by atoms with van der Waals surface area (Å²) >= 11 is 6.12. The lowest BCUT2D eigenvalue weighted by atomic mass is 9.90. The van der Waals surface area contributed by atoms with Gasteiger partial charge in [0.25, 0.3) is 0 Å². The van der Waals surface area contributed by atoms with Crippen LogP contribution in [0.15, 0.2) is 18.2 Å². The van der Waals surface area contributed by atoms with Crippen LogP contribution in [0, 0.1) is 12.8 Å². The Labute approximate surface area is 113 Å². The third-order valence-corrected chi connectivity index (χ3v) is 4.27. The first-order valence-corrected chi connectivity index (χ1v) is 7.09. The van der Waals surface area contributed by atoms with Crippen molar-refractivity contribution in [3.8, 4) is 0 Å². The molecule has 18 heavy (non-hydrogen) atoms. The first-order chi connectivity index (χ1) is 8.74. The second-order valence-electron chi connectivity index (χ2n) is 5.32. The topological polar surface area (TPSA) is 27.8 Å². The zero-order valence-corrected chi connectivity index (χ0v) is 11.5. The van der Waals surface area contributed by atoms with Gasteiger partial charge in [-0.05, 0) is 69.0 Å². The largest absolute Gasteiger partial charge is 0.358 e. The zero-order valence-electron chi connectivity index (χ0n) is 10.7.